The zero-order chi connectivity index (χ0) is 7.28. The van der Waals surface area contributed by atoms with Crippen LogP contribution in [0.5, 0.6) is 0 Å². The molecule has 0 bridgehead atoms. The summed E-state index contributed by atoms with van der Waals surface area (Å²) in [5.41, 5.74) is 0. The van der Waals surface area contributed by atoms with E-state index in [-0.39, 0.29) is 0 Å². The van der Waals surface area contributed by atoms with Gasteiger partial charge in [0.25, 0.3) is 0 Å². The summed E-state index contributed by atoms with van der Waals surface area (Å²) in [6, 6.07) is 0. The Hall–Kier alpha value is -0.260. The van der Waals surface area contributed by atoms with Crippen LogP contribution in [0.4, 0.5) is 0 Å². The first-order valence-corrected chi connectivity index (χ1v) is 3.83. The molecule has 0 aromatic carbocycles. The standard InChI is InChI=1S/C9H18/c1-5-7-9(4)8(3)6-2/h5,8-9H,1,6-7H2,2-4H3/t8-,9+/m0/s1. The van der Waals surface area contributed by atoms with Crippen molar-refractivity contribution in [3.05, 3.63) is 12.7 Å². The van der Waals surface area contributed by atoms with E-state index in [9.17, 15) is 0 Å². The summed E-state index contributed by atoms with van der Waals surface area (Å²) in [5.74, 6) is 1.66. The molecule has 0 saturated heterocycles. The highest BCUT2D eigenvalue weighted by Crippen LogP contribution is 2.17. The molecular weight excluding hydrogens is 108 g/mol. The lowest BCUT2D eigenvalue weighted by Crippen LogP contribution is -2.04. The fraction of sp³-hybridized carbons (Fsp3) is 0.778. The summed E-state index contributed by atoms with van der Waals surface area (Å²) < 4.78 is 0. The molecule has 0 spiro atoms. The molecule has 0 aromatic rings. The Bertz CT molecular complexity index is 74.1. The van der Waals surface area contributed by atoms with Crippen LogP contribution in [0.15, 0.2) is 12.7 Å². The fourth-order valence-corrected chi connectivity index (χ4v) is 0.898. The molecule has 0 aromatic heterocycles. The first kappa shape index (κ1) is 8.74. The maximum Gasteiger partial charge on any atom is -0.0325 e. The molecule has 0 amide bonds. The first-order chi connectivity index (χ1) is 4.22. The van der Waals surface area contributed by atoms with Crippen molar-refractivity contribution in [1.82, 2.24) is 0 Å². The van der Waals surface area contributed by atoms with Gasteiger partial charge >= 0.3 is 0 Å². The normalized spacial score (nSPS) is 16.8. The Labute approximate surface area is 59.0 Å². The minimum absolute atomic E-state index is 0.812. The van der Waals surface area contributed by atoms with E-state index in [1.807, 2.05) is 6.08 Å². The predicted octanol–water partition coefficient (Wildman–Crippen LogP) is 3.24. The Morgan fingerprint density at radius 1 is 1.33 bits per heavy atom. The smallest absolute Gasteiger partial charge is 0.0325 e. The van der Waals surface area contributed by atoms with Crippen molar-refractivity contribution < 1.29 is 0 Å². The molecule has 0 heterocycles. The van der Waals surface area contributed by atoms with Crippen molar-refractivity contribution in [2.45, 2.75) is 33.6 Å². The van der Waals surface area contributed by atoms with Gasteiger partial charge in [-0.3, -0.25) is 0 Å². The number of allylic oxidation sites excluding steroid dienone is 1. The molecule has 0 aliphatic rings. The lowest BCUT2D eigenvalue weighted by atomic mass is 9.91. The van der Waals surface area contributed by atoms with Gasteiger partial charge in [0.15, 0.2) is 0 Å². The van der Waals surface area contributed by atoms with Crippen LogP contribution in [0, 0.1) is 11.8 Å². The van der Waals surface area contributed by atoms with Crippen molar-refractivity contribution in [2.75, 3.05) is 0 Å². The topological polar surface area (TPSA) is 0 Å². The lowest BCUT2D eigenvalue weighted by molar-refractivity contribution is 0.381. The summed E-state index contributed by atoms with van der Waals surface area (Å²) >= 11 is 0. The van der Waals surface area contributed by atoms with Crippen molar-refractivity contribution in [3.63, 3.8) is 0 Å². The Morgan fingerprint density at radius 2 is 1.89 bits per heavy atom. The van der Waals surface area contributed by atoms with E-state index in [4.69, 9.17) is 0 Å². The first-order valence-electron chi connectivity index (χ1n) is 3.83. The van der Waals surface area contributed by atoms with Gasteiger partial charge in [-0.1, -0.05) is 33.3 Å². The van der Waals surface area contributed by atoms with Crippen molar-refractivity contribution >= 4 is 0 Å². The molecule has 0 radical (unpaired) electrons. The predicted molar refractivity (Wildman–Crippen MR) is 43.4 cm³/mol. The summed E-state index contributed by atoms with van der Waals surface area (Å²) in [7, 11) is 0. The van der Waals surface area contributed by atoms with Crippen LogP contribution in [-0.2, 0) is 0 Å². The van der Waals surface area contributed by atoms with Gasteiger partial charge in [0, 0.05) is 0 Å². The number of hydrogen-bond acceptors (Lipinski definition) is 0. The molecule has 0 heteroatoms. The van der Waals surface area contributed by atoms with E-state index in [0.717, 1.165) is 18.3 Å². The molecule has 0 aliphatic heterocycles. The molecule has 0 nitrogen and oxygen atoms in total. The molecule has 0 saturated carbocycles. The van der Waals surface area contributed by atoms with Crippen LogP contribution in [0.25, 0.3) is 0 Å². The Balaban J connectivity index is 3.44. The largest absolute Gasteiger partial charge is 0.103 e. The zero-order valence-corrected chi connectivity index (χ0v) is 6.85. The molecule has 0 aliphatic carbocycles. The second-order valence-corrected chi connectivity index (χ2v) is 2.89. The maximum atomic E-state index is 3.72. The van der Waals surface area contributed by atoms with Gasteiger partial charge in [-0.2, -0.15) is 0 Å². The molecule has 0 N–H and O–H groups in total. The second kappa shape index (κ2) is 4.60. The number of hydrogen-bond donors (Lipinski definition) is 0. The van der Waals surface area contributed by atoms with Crippen molar-refractivity contribution in [2.24, 2.45) is 11.8 Å². The highest BCUT2D eigenvalue weighted by atomic mass is 14.1. The summed E-state index contributed by atoms with van der Waals surface area (Å²) in [6.45, 7) is 10.5. The van der Waals surface area contributed by atoms with Crippen LogP contribution in [0.2, 0.25) is 0 Å². The zero-order valence-electron chi connectivity index (χ0n) is 6.85. The van der Waals surface area contributed by atoms with Crippen molar-refractivity contribution in [3.8, 4) is 0 Å². The third kappa shape index (κ3) is 3.34. The van der Waals surface area contributed by atoms with E-state index in [1.54, 1.807) is 0 Å². The maximum absolute atomic E-state index is 3.72. The van der Waals surface area contributed by atoms with Gasteiger partial charge < -0.3 is 0 Å². The SMILES string of the molecule is C=CC[C@@H](C)[C@@H](C)CC. The van der Waals surface area contributed by atoms with Crippen LogP contribution in [0.1, 0.15) is 33.6 Å². The summed E-state index contributed by atoms with van der Waals surface area (Å²) in [6.07, 6.45) is 4.46. The van der Waals surface area contributed by atoms with Crippen LogP contribution in [-0.4, -0.2) is 0 Å². The second-order valence-electron chi connectivity index (χ2n) is 2.89. The number of rotatable bonds is 4. The quantitative estimate of drug-likeness (QED) is 0.507. The van der Waals surface area contributed by atoms with Gasteiger partial charge in [-0.15, -0.1) is 6.58 Å². The van der Waals surface area contributed by atoms with Gasteiger partial charge in [0.05, 0.1) is 0 Å². The summed E-state index contributed by atoms with van der Waals surface area (Å²) in [5, 5.41) is 0. The third-order valence-corrected chi connectivity index (χ3v) is 2.15. The molecule has 2 atom stereocenters. The van der Waals surface area contributed by atoms with Gasteiger partial charge in [0.2, 0.25) is 0 Å². The molecule has 0 rings (SSSR count). The van der Waals surface area contributed by atoms with Crippen LogP contribution < -0.4 is 0 Å². The Kier molecular flexibility index (Phi) is 4.47. The van der Waals surface area contributed by atoms with E-state index >= 15 is 0 Å². The van der Waals surface area contributed by atoms with E-state index in [0.29, 0.717) is 0 Å². The van der Waals surface area contributed by atoms with Crippen LogP contribution >= 0.6 is 0 Å². The monoisotopic (exact) mass is 126 g/mol. The van der Waals surface area contributed by atoms with E-state index in [1.165, 1.54) is 6.42 Å². The van der Waals surface area contributed by atoms with Gasteiger partial charge in [-0.05, 0) is 18.3 Å². The molecule has 9 heavy (non-hydrogen) atoms. The summed E-state index contributed by atoms with van der Waals surface area (Å²) in [4.78, 5) is 0. The average molecular weight is 126 g/mol. The third-order valence-electron chi connectivity index (χ3n) is 2.15. The van der Waals surface area contributed by atoms with E-state index < -0.39 is 0 Å². The minimum atomic E-state index is 0.812. The van der Waals surface area contributed by atoms with Crippen LogP contribution in [0.3, 0.4) is 0 Å². The van der Waals surface area contributed by atoms with Gasteiger partial charge in [-0.25, -0.2) is 0 Å². The average Bonchev–Trinajstić information content (AvgIpc) is 1.87. The lowest BCUT2D eigenvalue weighted by Gasteiger charge is -2.15. The van der Waals surface area contributed by atoms with Crippen molar-refractivity contribution in [1.29, 1.82) is 0 Å². The Morgan fingerprint density at radius 3 is 2.22 bits per heavy atom. The fourth-order valence-electron chi connectivity index (χ4n) is 0.898. The highest BCUT2D eigenvalue weighted by Gasteiger charge is 2.06. The van der Waals surface area contributed by atoms with E-state index in [2.05, 4.69) is 27.4 Å². The molecular formula is C9H18. The van der Waals surface area contributed by atoms with Gasteiger partial charge in [0.1, 0.15) is 0 Å². The molecule has 54 valence electrons. The minimum Gasteiger partial charge on any atom is -0.103 e. The molecule has 0 fully saturated rings. The highest BCUT2D eigenvalue weighted by molar-refractivity contribution is 4.72. The molecule has 0 unspecified atom stereocenters.